The number of halogens is 1. The number of aromatic carboxylic acids is 1. The van der Waals surface area contributed by atoms with Gasteiger partial charge in [0.25, 0.3) is 0 Å². The molecule has 0 fully saturated rings. The maximum Gasteiger partial charge on any atom is 0.335 e. The molecule has 20 heavy (non-hydrogen) atoms. The van der Waals surface area contributed by atoms with E-state index in [-0.39, 0.29) is 16.2 Å². The average Bonchev–Trinajstić information content (AvgIpc) is 2.73. The molecule has 0 radical (unpaired) electrons. The number of hydrogen-bond donors (Lipinski definition) is 1. The highest BCUT2D eigenvalue weighted by atomic mass is 35.5. The van der Waals surface area contributed by atoms with Crippen LogP contribution in [0.5, 0.6) is 0 Å². The van der Waals surface area contributed by atoms with Crippen molar-refractivity contribution in [3.05, 3.63) is 50.7 Å². The second kappa shape index (κ2) is 5.55. The molecule has 7 heteroatoms. The van der Waals surface area contributed by atoms with E-state index in [1.54, 1.807) is 19.1 Å². The minimum atomic E-state index is -3.58. The minimum Gasteiger partial charge on any atom is -0.478 e. The molecule has 4 nitrogen and oxygen atoms in total. The Balaban J connectivity index is 2.39. The summed E-state index contributed by atoms with van der Waals surface area (Å²) in [5.41, 5.74) is 0.519. The molecule has 1 aromatic heterocycles. The van der Waals surface area contributed by atoms with Crippen molar-refractivity contribution in [2.45, 2.75) is 17.6 Å². The summed E-state index contributed by atoms with van der Waals surface area (Å²) in [6.45, 7) is 1.62. The summed E-state index contributed by atoms with van der Waals surface area (Å²) < 4.78 is 25.1. The molecule has 1 N–H and O–H groups in total. The van der Waals surface area contributed by atoms with E-state index in [1.165, 1.54) is 29.5 Å². The third kappa shape index (κ3) is 3.20. The molecule has 0 spiro atoms. The largest absolute Gasteiger partial charge is 0.478 e. The van der Waals surface area contributed by atoms with E-state index < -0.39 is 15.8 Å². The second-order valence-electron chi connectivity index (χ2n) is 4.25. The standard InChI is InChI=1S/C13H11ClO4S2/c1-8-2-4-10(6-11(8)13(15)16)20(17,18)7-9-3-5-12(14)19-9/h2-6H,7H2,1H3,(H,15,16). The Hall–Kier alpha value is -1.37. The van der Waals surface area contributed by atoms with Gasteiger partial charge in [-0.05, 0) is 36.8 Å². The van der Waals surface area contributed by atoms with Gasteiger partial charge in [0.1, 0.15) is 0 Å². The highest BCUT2D eigenvalue weighted by molar-refractivity contribution is 7.90. The predicted octanol–water partition coefficient (Wildman–Crippen LogP) is 3.38. The lowest BCUT2D eigenvalue weighted by Crippen LogP contribution is -2.07. The topological polar surface area (TPSA) is 71.4 Å². The van der Waals surface area contributed by atoms with Crippen LogP contribution in [0.1, 0.15) is 20.8 Å². The summed E-state index contributed by atoms with van der Waals surface area (Å²) in [6.07, 6.45) is 0. The number of aryl methyl sites for hydroxylation is 1. The molecular formula is C13H11ClO4S2. The van der Waals surface area contributed by atoms with Crippen molar-refractivity contribution in [3.8, 4) is 0 Å². The van der Waals surface area contributed by atoms with Crippen molar-refractivity contribution >= 4 is 38.7 Å². The first-order chi connectivity index (χ1) is 9.29. The maximum absolute atomic E-state index is 12.3. The third-order valence-electron chi connectivity index (χ3n) is 2.76. The molecule has 2 aromatic rings. The number of rotatable bonds is 4. The normalized spacial score (nSPS) is 11.5. The smallest absolute Gasteiger partial charge is 0.335 e. The fourth-order valence-electron chi connectivity index (χ4n) is 1.72. The zero-order chi connectivity index (χ0) is 14.9. The average molecular weight is 331 g/mol. The van der Waals surface area contributed by atoms with Crippen LogP contribution in [-0.4, -0.2) is 19.5 Å². The fourth-order valence-corrected chi connectivity index (χ4v) is 4.52. The summed E-state index contributed by atoms with van der Waals surface area (Å²) in [5, 5.41) is 9.04. The van der Waals surface area contributed by atoms with E-state index in [0.717, 1.165) is 0 Å². The van der Waals surface area contributed by atoms with Crippen LogP contribution in [-0.2, 0) is 15.6 Å². The van der Waals surface area contributed by atoms with Gasteiger partial charge < -0.3 is 5.11 Å². The van der Waals surface area contributed by atoms with Gasteiger partial charge >= 0.3 is 5.97 Å². The molecule has 0 amide bonds. The lowest BCUT2D eigenvalue weighted by atomic mass is 10.1. The monoisotopic (exact) mass is 330 g/mol. The summed E-state index contributed by atoms with van der Waals surface area (Å²) in [4.78, 5) is 11.7. The quantitative estimate of drug-likeness (QED) is 0.932. The molecule has 0 aliphatic rings. The maximum atomic E-state index is 12.3. The molecule has 2 rings (SSSR count). The van der Waals surface area contributed by atoms with Crippen molar-refractivity contribution in [2.24, 2.45) is 0 Å². The summed E-state index contributed by atoms with van der Waals surface area (Å²) in [5.74, 6) is -1.33. The van der Waals surface area contributed by atoms with E-state index >= 15 is 0 Å². The predicted molar refractivity (Wildman–Crippen MR) is 78.4 cm³/mol. The summed E-state index contributed by atoms with van der Waals surface area (Å²) in [6, 6.07) is 7.40. The zero-order valence-corrected chi connectivity index (χ0v) is 12.8. The van der Waals surface area contributed by atoms with Gasteiger partial charge in [0.15, 0.2) is 9.84 Å². The first-order valence-electron chi connectivity index (χ1n) is 5.60. The number of hydrogen-bond acceptors (Lipinski definition) is 4. The van der Waals surface area contributed by atoms with Crippen LogP contribution >= 0.6 is 22.9 Å². The van der Waals surface area contributed by atoms with E-state index in [2.05, 4.69) is 0 Å². The van der Waals surface area contributed by atoms with Gasteiger partial charge in [0.05, 0.1) is 20.5 Å². The van der Waals surface area contributed by atoms with Crippen LogP contribution in [0.25, 0.3) is 0 Å². The molecule has 1 aromatic carbocycles. The van der Waals surface area contributed by atoms with Crippen molar-refractivity contribution in [1.29, 1.82) is 0 Å². The van der Waals surface area contributed by atoms with E-state index in [0.29, 0.717) is 14.8 Å². The lowest BCUT2D eigenvalue weighted by molar-refractivity contribution is 0.0696. The van der Waals surface area contributed by atoms with Crippen LogP contribution in [0, 0.1) is 6.92 Å². The molecule has 106 valence electrons. The van der Waals surface area contributed by atoms with Gasteiger partial charge in [-0.15, -0.1) is 11.3 Å². The van der Waals surface area contributed by atoms with Gasteiger partial charge in [-0.2, -0.15) is 0 Å². The number of sulfone groups is 1. The first kappa shape index (κ1) is 15.0. The number of carboxylic acids is 1. The molecule has 1 heterocycles. The molecule has 0 saturated heterocycles. The van der Waals surface area contributed by atoms with Gasteiger partial charge in [-0.1, -0.05) is 17.7 Å². The van der Waals surface area contributed by atoms with Crippen LogP contribution in [0.4, 0.5) is 0 Å². The molecule has 0 atom stereocenters. The third-order valence-corrected chi connectivity index (χ3v) is 5.84. The number of benzene rings is 1. The Labute approximate surface area is 125 Å². The highest BCUT2D eigenvalue weighted by Crippen LogP contribution is 2.26. The van der Waals surface area contributed by atoms with E-state index in [4.69, 9.17) is 16.7 Å². The van der Waals surface area contributed by atoms with E-state index in [9.17, 15) is 13.2 Å². The second-order valence-corrected chi connectivity index (χ2v) is 8.04. The van der Waals surface area contributed by atoms with Crippen molar-refractivity contribution in [1.82, 2.24) is 0 Å². The molecule has 0 saturated carbocycles. The Bertz CT molecular complexity index is 762. The van der Waals surface area contributed by atoms with Crippen LogP contribution < -0.4 is 0 Å². The van der Waals surface area contributed by atoms with Crippen molar-refractivity contribution in [2.75, 3.05) is 0 Å². The number of carboxylic acid groups (broad SMARTS) is 1. The Kier molecular flexibility index (Phi) is 4.17. The Morgan fingerprint density at radius 2 is 2.00 bits per heavy atom. The first-order valence-corrected chi connectivity index (χ1v) is 8.45. The molecule has 0 unspecified atom stereocenters. The Morgan fingerprint density at radius 3 is 2.55 bits per heavy atom. The Morgan fingerprint density at radius 1 is 1.30 bits per heavy atom. The lowest BCUT2D eigenvalue weighted by Gasteiger charge is -2.06. The van der Waals surface area contributed by atoms with Gasteiger partial charge in [-0.3, -0.25) is 0 Å². The van der Waals surface area contributed by atoms with Crippen LogP contribution in [0.3, 0.4) is 0 Å². The van der Waals surface area contributed by atoms with Crippen LogP contribution in [0.15, 0.2) is 35.2 Å². The van der Waals surface area contributed by atoms with E-state index in [1.807, 2.05) is 0 Å². The minimum absolute atomic E-state index is 0.00436. The summed E-state index contributed by atoms with van der Waals surface area (Å²) >= 11 is 6.96. The van der Waals surface area contributed by atoms with Crippen LogP contribution in [0.2, 0.25) is 4.34 Å². The molecule has 0 aliphatic heterocycles. The van der Waals surface area contributed by atoms with Crippen molar-refractivity contribution in [3.63, 3.8) is 0 Å². The van der Waals surface area contributed by atoms with Gasteiger partial charge in [0, 0.05) is 4.88 Å². The zero-order valence-electron chi connectivity index (χ0n) is 10.5. The molecule has 0 bridgehead atoms. The number of thiophene rings is 1. The van der Waals surface area contributed by atoms with Crippen molar-refractivity contribution < 1.29 is 18.3 Å². The van der Waals surface area contributed by atoms with Gasteiger partial charge in [0.2, 0.25) is 0 Å². The molecule has 0 aliphatic carbocycles. The molecular weight excluding hydrogens is 320 g/mol. The SMILES string of the molecule is Cc1ccc(S(=O)(=O)Cc2ccc(Cl)s2)cc1C(=O)O. The summed E-state index contributed by atoms with van der Waals surface area (Å²) in [7, 11) is -3.58. The highest BCUT2D eigenvalue weighted by Gasteiger charge is 2.19. The number of carbonyl (C=O) groups is 1. The van der Waals surface area contributed by atoms with Gasteiger partial charge in [-0.25, -0.2) is 13.2 Å². The fraction of sp³-hybridized carbons (Fsp3) is 0.154.